The molecule has 1 saturated carbocycles. The zero-order valence-corrected chi connectivity index (χ0v) is 15.4. The van der Waals surface area contributed by atoms with E-state index in [4.69, 9.17) is 4.74 Å². The third-order valence-electron chi connectivity index (χ3n) is 4.66. The van der Waals surface area contributed by atoms with Crippen molar-refractivity contribution in [1.29, 1.82) is 0 Å². The molecule has 5 nitrogen and oxygen atoms in total. The van der Waals surface area contributed by atoms with Crippen molar-refractivity contribution in [3.63, 3.8) is 0 Å². The Balaban J connectivity index is 1.96. The minimum Gasteiger partial charge on any atom is -0.362 e. The lowest BCUT2D eigenvalue weighted by Crippen LogP contribution is -2.19. The van der Waals surface area contributed by atoms with Gasteiger partial charge in [-0.2, -0.15) is 0 Å². The maximum atomic E-state index is 12.8. The molecule has 0 atom stereocenters. The first-order valence-electron chi connectivity index (χ1n) is 8.49. The van der Waals surface area contributed by atoms with Gasteiger partial charge in [0, 0.05) is 24.4 Å². The van der Waals surface area contributed by atoms with Gasteiger partial charge in [0.05, 0.1) is 11.0 Å². The summed E-state index contributed by atoms with van der Waals surface area (Å²) in [6.07, 6.45) is 5.76. The number of hydrogen-bond donors (Lipinski definition) is 0. The SMILES string of the molecule is Cc1cc(-c2ccccc2S(=O)(=O)COC2CCCC2)cn(C)c1=O. The largest absolute Gasteiger partial charge is 0.362 e. The van der Waals surface area contributed by atoms with Gasteiger partial charge in [-0.15, -0.1) is 0 Å². The first kappa shape index (κ1) is 17.9. The Morgan fingerprint density at radius 2 is 1.88 bits per heavy atom. The van der Waals surface area contributed by atoms with E-state index in [9.17, 15) is 13.2 Å². The molecule has 1 aliphatic rings. The molecule has 0 N–H and O–H groups in total. The fraction of sp³-hybridized carbons (Fsp3) is 0.421. The summed E-state index contributed by atoms with van der Waals surface area (Å²) in [6, 6.07) is 8.60. The van der Waals surface area contributed by atoms with Crippen LogP contribution in [0.15, 0.2) is 46.2 Å². The third kappa shape index (κ3) is 3.85. The molecule has 2 aromatic rings. The van der Waals surface area contributed by atoms with Gasteiger partial charge in [0.15, 0.2) is 5.94 Å². The Kier molecular flexibility index (Phi) is 5.11. The molecule has 0 spiro atoms. The fourth-order valence-corrected chi connectivity index (χ4v) is 4.61. The van der Waals surface area contributed by atoms with Gasteiger partial charge in [-0.3, -0.25) is 4.79 Å². The van der Waals surface area contributed by atoms with Crippen LogP contribution in [0.1, 0.15) is 31.2 Å². The summed E-state index contributed by atoms with van der Waals surface area (Å²) in [5, 5.41) is 0. The van der Waals surface area contributed by atoms with Crippen molar-refractivity contribution in [1.82, 2.24) is 4.57 Å². The van der Waals surface area contributed by atoms with Crippen molar-refractivity contribution in [2.45, 2.75) is 43.6 Å². The lowest BCUT2D eigenvalue weighted by Gasteiger charge is -2.15. The number of rotatable bonds is 5. The van der Waals surface area contributed by atoms with Gasteiger partial charge in [-0.05, 0) is 37.5 Å². The topological polar surface area (TPSA) is 65.4 Å². The third-order valence-corrected chi connectivity index (χ3v) is 6.13. The van der Waals surface area contributed by atoms with Gasteiger partial charge < -0.3 is 9.30 Å². The van der Waals surface area contributed by atoms with E-state index in [-0.39, 0.29) is 22.5 Å². The molecular weight excluding hydrogens is 338 g/mol. The highest BCUT2D eigenvalue weighted by Crippen LogP contribution is 2.29. The second kappa shape index (κ2) is 7.14. The molecule has 6 heteroatoms. The minimum absolute atomic E-state index is 0.0433. The molecule has 0 aliphatic heterocycles. The van der Waals surface area contributed by atoms with Crippen molar-refractivity contribution in [3.8, 4) is 11.1 Å². The molecule has 1 aromatic carbocycles. The highest BCUT2D eigenvalue weighted by molar-refractivity contribution is 7.91. The predicted octanol–water partition coefficient (Wildman–Crippen LogP) is 3.05. The Labute approximate surface area is 148 Å². The van der Waals surface area contributed by atoms with E-state index in [0.29, 0.717) is 16.7 Å². The maximum Gasteiger partial charge on any atom is 0.253 e. The Bertz CT molecular complexity index is 898. The monoisotopic (exact) mass is 361 g/mol. The molecule has 0 bridgehead atoms. The van der Waals surface area contributed by atoms with Gasteiger partial charge in [0.1, 0.15) is 0 Å². The van der Waals surface area contributed by atoms with Gasteiger partial charge in [0.2, 0.25) is 9.84 Å². The zero-order valence-electron chi connectivity index (χ0n) is 14.6. The van der Waals surface area contributed by atoms with Crippen molar-refractivity contribution in [2.75, 3.05) is 5.94 Å². The molecule has 134 valence electrons. The molecule has 1 aliphatic carbocycles. The van der Waals surface area contributed by atoms with E-state index in [0.717, 1.165) is 25.7 Å². The maximum absolute atomic E-state index is 12.8. The van der Waals surface area contributed by atoms with E-state index >= 15 is 0 Å². The first-order chi connectivity index (χ1) is 11.9. The molecule has 1 heterocycles. The van der Waals surface area contributed by atoms with Crippen LogP contribution >= 0.6 is 0 Å². The summed E-state index contributed by atoms with van der Waals surface area (Å²) in [7, 11) is -1.91. The Morgan fingerprint density at radius 1 is 1.20 bits per heavy atom. The summed E-state index contributed by atoms with van der Waals surface area (Å²) in [4.78, 5) is 12.1. The second-order valence-electron chi connectivity index (χ2n) is 6.63. The highest BCUT2D eigenvalue weighted by atomic mass is 32.2. The number of ether oxygens (including phenoxy) is 1. The van der Waals surface area contributed by atoms with Gasteiger partial charge in [0.25, 0.3) is 5.56 Å². The summed E-state index contributed by atoms with van der Waals surface area (Å²) in [5.41, 5.74) is 1.79. The number of aryl methyl sites for hydroxylation is 2. The molecule has 25 heavy (non-hydrogen) atoms. The molecule has 0 radical (unpaired) electrons. The first-order valence-corrected chi connectivity index (χ1v) is 10.1. The average molecular weight is 361 g/mol. The molecule has 3 rings (SSSR count). The lowest BCUT2D eigenvalue weighted by molar-refractivity contribution is 0.0920. The highest BCUT2D eigenvalue weighted by Gasteiger charge is 2.23. The van der Waals surface area contributed by atoms with E-state index in [1.807, 2.05) is 0 Å². The van der Waals surface area contributed by atoms with Crippen LogP contribution in [0.4, 0.5) is 0 Å². The second-order valence-corrected chi connectivity index (χ2v) is 8.53. The van der Waals surface area contributed by atoms with Crippen molar-refractivity contribution in [3.05, 3.63) is 52.4 Å². The summed E-state index contributed by atoms with van der Waals surface area (Å²) < 4.78 is 32.8. The molecule has 0 saturated heterocycles. The van der Waals surface area contributed by atoms with E-state index in [1.165, 1.54) is 4.57 Å². The van der Waals surface area contributed by atoms with Crippen LogP contribution < -0.4 is 5.56 Å². The molecule has 0 amide bonds. The number of sulfone groups is 1. The van der Waals surface area contributed by atoms with Gasteiger partial charge in [-0.25, -0.2) is 8.42 Å². The molecular formula is C19H23NO4S. The van der Waals surface area contributed by atoms with E-state index < -0.39 is 9.84 Å². The number of benzene rings is 1. The smallest absolute Gasteiger partial charge is 0.253 e. The molecule has 1 fully saturated rings. The van der Waals surface area contributed by atoms with Crippen molar-refractivity contribution < 1.29 is 13.2 Å². The van der Waals surface area contributed by atoms with Crippen LogP contribution in [0.3, 0.4) is 0 Å². The Hall–Kier alpha value is -1.92. The standard InChI is InChI=1S/C19H23NO4S/c1-14-11-15(12-20(2)19(14)21)17-9-5-6-10-18(17)25(22,23)13-24-16-7-3-4-8-16/h5-6,9-12,16H,3-4,7-8,13H2,1-2H3. The molecule has 0 unspecified atom stereocenters. The molecule has 1 aromatic heterocycles. The normalized spacial score (nSPS) is 15.6. The van der Waals surface area contributed by atoms with Crippen LogP contribution in [-0.4, -0.2) is 25.0 Å². The van der Waals surface area contributed by atoms with E-state index in [1.54, 1.807) is 50.5 Å². The van der Waals surface area contributed by atoms with Crippen LogP contribution in [0, 0.1) is 6.92 Å². The van der Waals surface area contributed by atoms with Crippen LogP contribution in [-0.2, 0) is 21.6 Å². The number of nitrogens with zero attached hydrogens (tertiary/aromatic N) is 1. The van der Waals surface area contributed by atoms with E-state index in [2.05, 4.69) is 0 Å². The summed E-state index contributed by atoms with van der Waals surface area (Å²) in [5.74, 6) is -0.306. The van der Waals surface area contributed by atoms with Crippen LogP contribution in [0.5, 0.6) is 0 Å². The van der Waals surface area contributed by atoms with Gasteiger partial charge in [-0.1, -0.05) is 31.0 Å². The quantitative estimate of drug-likeness (QED) is 0.821. The number of aromatic nitrogens is 1. The average Bonchev–Trinajstić information content (AvgIpc) is 3.11. The summed E-state index contributed by atoms with van der Waals surface area (Å²) in [6.45, 7) is 1.73. The summed E-state index contributed by atoms with van der Waals surface area (Å²) >= 11 is 0. The minimum atomic E-state index is -3.57. The van der Waals surface area contributed by atoms with Crippen molar-refractivity contribution >= 4 is 9.84 Å². The fourth-order valence-electron chi connectivity index (χ4n) is 3.31. The zero-order chi connectivity index (χ0) is 18.0. The van der Waals surface area contributed by atoms with Crippen molar-refractivity contribution in [2.24, 2.45) is 7.05 Å². The number of hydrogen-bond acceptors (Lipinski definition) is 4. The van der Waals surface area contributed by atoms with Crippen LogP contribution in [0.25, 0.3) is 11.1 Å². The number of pyridine rings is 1. The van der Waals surface area contributed by atoms with Crippen LogP contribution in [0.2, 0.25) is 0 Å². The predicted molar refractivity (Wildman–Crippen MR) is 97.2 cm³/mol. The Morgan fingerprint density at radius 3 is 2.56 bits per heavy atom. The van der Waals surface area contributed by atoms with Gasteiger partial charge >= 0.3 is 0 Å². The lowest BCUT2D eigenvalue weighted by atomic mass is 10.1.